The molecule has 0 aliphatic carbocycles. The Kier molecular flexibility index (Phi) is 3.03. The summed E-state index contributed by atoms with van der Waals surface area (Å²) in [6.45, 7) is 5.58. The highest BCUT2D eigenvalue weighted by molar-refractivity contribution is 5.88. The van der Waals surface area contributed by atoms with Gasteiger partial charge in [-0.3, -0.25) is 4.79 Å². The maximum absolute atomic E-state index is 11.4. The molecule has 90 valence electrons. The Morgan fingerprint density at radius 1 is 1.35 bits per heavy atom. The second kappa shape index (κ2) is 4.34. The van der Waals surface area contributed by atoms with Gasteiger partial charge in [0.05, 0.1) is 6.04 Å². The van der Waals surface area contributed by atoms with Crippen LogP contribution in [0, 0.1) is 6.92 Å². The van der Waals surface area contributed by atoms with Gasteiger partial charge in [-0.15, -0.1) is 0 Å². The van der Waals surface area contributed by atoms with E-state index in [-0.39, 0.29) is 11.7 Å². The highest BCUT2D eigenvalue weighted by Crippen LogP contribution is 2.30. The summed E-state index contributed by atoms with van der Waals surface area (Å²) in [5.41, 5.74) is 9.30. The Morgan fingerprint density at radius 3 is 2.65 bits per heavy atom. The van der Waals surface area contributed by atoms with Crippen LogP contribution in [0.2, 0.25) is 0 Å². The lowest BCUT2D eigenvalue weighted by Crippen LogP contribution is -2.33. The predicted molar refractivity (Wildman–Crippen MR) is 70.1 cm³/mol. The number of nitrogens with two attached hydrogens (primary N) is 1. The zero-order valence-corrected chi connectivity index (χ0v) is 10.4. The molecule has 0 amide bonds. The normalized spacial score (nSPS) is 14.8. The van der Waals surface area contributed by atoms with Crippen molar-refractivity contribution >= 4 is 16.7 Å². The number of H-pyrrole nitrogens is 1. The highest BCUT2D eigenvalue weighted by atomic mass is 16.1. The fraction of sp³-hybridized carbons (Fsp3) is 0.357. The summed E-state index contributed by atoms with van der Waals surface area (Å²) in [7, 11) is 0. The molecule has 1 heterocycles. The quantitative estimate of drug-likeness (QED) is 0.851. The Morgan fingerprint density at radius 2 is 2.00 bits per heavy atom. The Bertz CT molecular complexity index is 556. The monoisotopic (exact) mass is 230 g/mol. The van der Waals surface area contributed by atoms with E-state index in [0.29, 0.717) is 0 Å². The summed E-state index contributed by atoms with van der Waals surface area (Å²) in [5, 5.41) is 1.16. The Labute approximate surface area is 101 Å². The van der Waals surface area contributed by atoms with Crippen molar-refractivity contribution in [2.75, 3.05) is 0 Å². The van der Waals surface area contributed by atoms with Crippen molar-refractivity contribution in [2.45, 2.75) is 32.7 Å². The summed E-state index contributed by atoms with van der Waals surface area (Å²) < 4.78 is 0. The van der Waals surface area contributed by atoms with Gasteiger partial charge >= 0.3 is 0 Å². The smallest absolute Gasteiger partial charge is 0.147 e. The zero-order chi connectivity index (χ0) is 12.6. The van der Waals surface area contributed by atoms with E-state index in [1.54, 1.807) is 6.92 Å². The van der Waals surface area contributed by atoms with Gasteiger partial charge in [-0.1, -0.05) is 25.1 Å². The first-order valence-corrected chi connectivity index (χ1v) is 5.85. The van der Waals surface area contributed by atoms with Crippen LogP contribution in [0.25, 0.3) is 10.9 Å². The van der Waals surface area contributed by atoms with Gasteiger partial charge in [-0.2, -0.15) is 0 Å². The number of para-hydroxylation sites is 1. The van der Waals surface area contributed by atoms with Crippen molar-refractivity contribution in [3.63, 3.8) is 0 Å². The number of nitrogens with one attached hydrogen (secondary N) is 1. The topological polar surface area (TPSA) is 58.9 Å². The summed E-state index contributed by atoms with van der Waals surface area (Å²) in [6, 6.07) is 7.67. The van der Waals surface area contributed by atoms with Crippen LogP contribution >= 0.6 is 0 Å². The molecule has 0 aliphatic heterocycles. The van der Waals surface area contributed by atoms with Gasteiger partial charge in [0.2, 0.25) is 0 Å². The number of aryl methyl sites for hydroxylation is 1. The summed E-state index contributed by atoms with van der Waals surface area (Å²) in [5.74, 6) is 0.0610. The van der Waals surface area contributed by atoms with Gasteiger partial charge in [0.15, 0.2) is 0 Å². The summed E-state index contributed by atoms with van der Waals surface area (Å²) >= 11 is 0. The number of ketones is 1. The number of rotatable bonds is 3. The highest BCUT2D eigenvalue weighted by Gasteiger charge is 2.23. The van der Waals surface area contributed by atoms with E-state index in [4.69, 9.17) is 5.73 Å². The lowest BCUT2D eigenvalue weighted by molar-refractivity contribution is -0.118. The van der Waals surface area contributed by atoms with Crippen LogP contribution in [-0.2, 0) is 4.79 Å². The van der Waals surface area contributed by atoms with Crippen molar-refractivity contribution < 1.29 is 4.79 Å². The minimum atomic E-state index is -0.437. The van der Waals surface area contributed by atoms with Crippen LogP contribution in [-0.4, -0.2) is 16.8 Å². The van der Waals surface area contributed by atoms with Crippen molar-refractivity contribution in [3.05, 3.63) is 35.5 Å². The molecule has 0 saturated heterocycles. The number of hydrogen-bond donors (Lipinski definition) is 2. The number of aromatic nitrogens is 1. The number of carbonyl (C=O) groups is 1. The lowest BCUT2D eigenvalue weighted by Gasteiger charge is -2.18. The van der Waals surface area contributed by atoms with E-state index < -0.39 is 6.04 Å². The fourth-order valence-corrected chi connectivity index (χ4v) is 2.42. The first-order valence-electron chi connectivity index (χ1n) is 5.85. The molecule has 1 aromatic heterocycles. The lowest BCUT2D eigenvalue weighted by atomic mass is 9.90. The molecule has 3 heteroatoms. The third-order valence-electron chi connectivity index (χ3n) is 3.41. The van der Waals surface area contributed by atoms with Crippen molar-refractivity contribution in [1.29, 1.82) is 0 Å². The van der Waals surface area contributed by atoms with Crippen LogP contribution in [0.5, 0.6) is 0 Å². The molecule has 0 radical (unpaired) electrons. The third kappa shape index (κ3) is 1.98. The minimum absolute atomic E-state index is 0.0298. The van der Waals surface area contributed by atoms with Crippen LogP contribution in [0.3, 0.4) is 0 Å². The van der Waals surface area contributed by atoms with E-state index in [2.05, 4.69) is 11.1 Å². The average molecular weight is 230 g/mol. The molecule has 2 aromatic rings. The minimum Gasteiger partial charge on any atom is -0.358 e. The number of aromatic amines is 1. The standard InChI is InChI=1S/C14H18N2O/c1-8(14(15)10(3)17)13-9(2)16-12-7-5-4-6-11(12)13/h4-8,14,16H,15H2,1-3H3/t8-,14-/m0/s1. The van der Waals surface area contributed by atoms with Crippen molar-refractivity contribution in [1.82, 2.24) is 4.98 Å². The SMILES string of the molecule is CC(=O)[C@@H](N)[C@@H](C)c1c(C)[nH]c2ccccc12. The molecule has 1 aromatic carbocycles. The molecule has 0 aliphatic rings. The molecule has 17 heavy (non-hydrogen) atoms. The molecule has 0 saturated carbocycles. The molecule has 2 atom stereocenters. The van der Waals surface area contributed by atoms with Crippen LogP contribution in [0.4, 0.5) is 0 Å². The third-order valence-corrected chi connectivity index (χ3v) is 3.41. The van der Waals surface area contributed by atoms with Gasteiger partial charge in [0, 0.05) is 22.5 Å². The van der Waals surface area contributed by atoms with Crippen LogP contribution in [0.15, 0.2) is 24.3 Å². The van der Waals surface area contributed by atoms with Crippen LogP contribution in [0.1, 0.15) is 31.0 Å². The zero-order valence-electron chi connectivity index (χ0n) is 10.4. The fourth-order valence-electron chi connectivity index (χ4n) is 2.42. The van der Waals surface area contributed by atoms with Gasteiger partial charge in [0.25, 0.3) is 0 Å². The largest absolute Gasteiger partial charge is 0.358 e. The number of carbonyl (C=O) groups excluding carboxylic acids is 1. The summed E-state index contributed by atoms with van der Waals surface area (Å²) in [6.07, 6.45) is 0. The van der Waals surface area contributed by atoms with E-state index in [0.717, 1.165) is 22.2 Å². The van der Waals surface area contributed by atoms with Gasteiger partial charge in [-0.05, 0) is 25.5 Å². The molecular weight excluding hydrogens is 212 g/mol. The van der Waals surface area contributed by atoms with E-state index in [1.165, 1.54) is 0 Å². The van der Waals surface area contributed by atoms with Crippen molar-refractivity contribution in [3.8, 4) is 0 Å². The molecule has 0 unspecified atom stereocenters. The van der Waals surface area contributed by atoms with E-state index in [9.17, 15) is 4.79 Å². The van der Waals surface area contributed by atoms with Gasteiger partial charge in [0.1, 0.15) is 5.78 Å². The Hall–Kier alpha value is -1.61. The molecule has 0 spiro atoms. The first-order chi connectivity index (χ1) is 8.02. The number of benzene rings is 1. The molecule has 3 nitrogen and oxygen atoms in total. The molecule has 0 bridgehead atoms. The van der Waals surface area contributed by atoms with Crippen molar-refractivity contribution in [2.24, 2.45) is 5.73 Å². The Balaban J connectivity index is 2.54. The second-order valence-electron chi connectivity index (χ2n) is 4.63. The summed E-state index contributed by atoms with van der Waals surface area (Å²) in [4.78, 5) is 14.7. The van der Waals surface area contributed by atoms with E-state index in [1.807, 2.05) is 32.0 Å². The van der Waals surface area contributed by atoms with Gasteiger partial charge < -0.3 is 10.7 Å². The average Bonchev–Trinajstić information content (AvgIpc) is 2.62. The number of Topliss-reactive ketones (excluding diaryl/α,β-unsaturated/α-hetero) is 1. The molecule has 3 N–H and O–H groups in total. The first kappa shape index (κ1) is 11.9. The molecule has 2 rings (SSSR count). The molecule has 0 fully saturated rings. The van der Waals surface area contributed by atoms with Crippen LogP contribution < -0.4 is 5.73 Å². The number of fused-ring (bicyclic) bond motifs is 1. The molecular formula is C14H18N2O. The second-order valence-corrected chi connectivity index (χ2v) is 4.63. The van der Waals surface area contributed by atoms with E-state index >= 15 is 0 Å². The maximum atomic E-state index is 11.4. The maximum Gasteiger partial charge on any atom is 0.147 e. The predicted octanol–water partition coefficient (Wildman–Crippen LogP) is 2.50. The van der Waals surface area contributed by atoms with Gasteiger partial charge in [-0.25, -0.2) is 0 Å². The number of hydrogen-bond acceptors (Lipinski definition) is 2.